The molecule has 0 N–H and O–H groups in total. The van der Waals surface area contributed by atoms with E-state index in [-0.39, 0.29) is 17.8 Å². The van der Waals surface area contributed by atoms with Crippen LogP contribution in [0.15, 0.2) is 18.2 Å². The third kappa shape index (κ3) is 2.59. The molecule has 0 heterocycles. The van der Waals surface area contributed by atoms with Crippen molar-refractivity contribution in [3.05, 3.63) is 34.9 Å². The predicted octanol–water partition coefficient (Wildman–Crippen LogP) is 4.15. The second-order valence-corrected chi connectivity index (χ2v) is 3.22. The Bertz CT molecular complexity index is 388. The molecule has 0 spiro atoms. The third-order valence-electron chi connectivity index (χ3n) is 2.20. The van der Waals surface area contributed by atoms with Crippen LogP contribution in [0.3, 0.4) is 0 Å². The van der Waals surface area contributed by atoms with Crippen LogP contribution in [-0.2, 0) is 0 Å². The zero-order valence-electron chi connectivity index (χ0n) is 8.51. The minimum atomic E-state index is -3.01. The lowest BCUT2D eigenvalue weighted by Crippen LogP contribution is -2.02. The third-order valence-corrected chi connectivity index (χ3v) is 2.20. The molecule has 88 valence electrons. The molecule has 0 unspecified atom stereocenters. The van der Waals surface area contributed by atoms with Crippen LogP contribution in [0.25, 0.3) is 0 Å². The molecule has 0 aliphatic heterocycles. The zero-order valence-corrected chi connectivity index (χ0v) is 8.51. The Morgan fingerprint density at radius 3 is 2.12 bits per heavy atom. The first kappa shape index (κ1) is 12.7. The number of carbonyl (C=O) groups excluding carboxylic acids is 1. The quantitative estimate of drug-likeness (QED) is 0.564. The van der Waals surface area contributed by atoms with E-state index in [4.69, 9.17) is 0 Å². The molecule has 0 atom stereocenters. The van der Waals surface area contributed by atoms with Crippen molar-refractivity contribution in [1.82, 2.24) is 0 Å². The molecule has 0 saturated heterocycles. The average molecular weight is 234 g/mol. The Kier molecular flexibility index (Phi) is 4.04. The number of hydrogen-bond donors (Lipinski definition) is 0. The Morgan fingerprint density at radius 1 is 1.12 bits per heavy atom. The lowest BCUT2D eigenvalue weighted by molar-refractivity contribution is 0.0986. The molecule has 0 bridgehead atoms. The van der Waals surface area contributed by atoms with Gasteiger partial charge in [-0.25, -0.2) is 17.6 Å². The summed E-state index contributed by atoms with van der Waals surface area (Å²) in [4.78, 5) is 11.2. The predicted molar refractivity (Wildman–Crippen MR) is 51.0 cm³/mol. The molecule has 16 heavy (non-hydrogen) atoms. The van der Waals surface area contributed by atoms with Crippen LogP contribution in [0, 0.1) is 0 Å². The van der Waals surface area contributed by atoms with Gasteiger partial charge in [-0.15, -0.1) is 0 Å². The topological polar surface area (TPSA) is 17.1 Å². The SMILES string of the molecule is CCC(=O)c1ccc(C(F)F)c(C(F)F)c1. The second kappa shape index (κ2) is 5.09. The fraction of sp³-hybridized carbons (Fsp3) is 0.364. The van der Waals surface area contributed by atoms with Crippen molar-refractivity contribution >= 4 is 5.78 Å². The maximum absolute atomic E-state index is 12.5. The van der Waals surface area contributed by atoms with Gasteiger partial charge >= 0.3 is 0 Å². The van der Waals surface area contributed by atoms with Gasteiger partial charge in [0.15, 0.2) is 5.78 Å². The Balaban J connectivity index is 3.22. The van der Waals surface area contributed by atoms with Crippen molar-refractivity contribution in [2.45, 2.75) is 26.2 Å². The summed E-state index contributed by atoms with van der Waals surface area (Å²) < 4.78 is 49.7. The molecule has 1 rings (SSSR count). The highest BCUT2D eigenvalue weighted by Crippen LogP contribution is 2.31. The van der Waals surface area contributed by atoms with E-state index in [2.05, 4.69) is 0 Å². The van der Waals surface area contributed by atoms with Gasteiger partial charge in [-0.3, -0.25) is 4.79 Å². The molecule has 0 aliphatic carbocycles. The number of alkyl halides is 4. The number of halogens is 4. The fourth-order valence-electron chi connectivity index (χ4n) is 1.34. The van der Waals surface area contributed by atoms with Crippen LogP contribution in [0.1, 0.15) is 47.7 Å². The molecule has 0 aromatic heterocycles. The van der Waals surface area contributed by atoms with Gasteiger partial charge in [-0.2, -0.15) is 0 Å². The normalized spacial score (nSPS) is 11.2. The maximum Gasteiger partial charge on any atom is 0.264 e. The van der Waals surface area contributed by atoms with Crippen molar-refractivity contribution in [2.24, 2.45) is 0 Å². The van der Waals surface area contributed by atoms with E-state index >= 15 is 0 Å². The molecule has 1 nitrogen and oxygen atoms in total. The van der Waals surface area contributed by atoms with Gasteiger partial charge < -0.3 is 0 Å². The van der Waals surface area contributed by atoms with E-state index in [0.717, 1.165) is 18.2 Å². The highest BCUT2D eigenvalue weighted by molar-refractivity contribution is 5.96. The van der Waals surface area contributed by atoms with Gasteiger partial charge in [0.05, 0.1) is 0 Å². The Labute approximate surface area is 90.1 Å². The highest BCUT2D eigenvalue weighted by atomic mass is 19.3. The van der Waals surface area contributed by atoms with Crippen LogP contribution in [0.4, 0.5) is 17.6 Å². The molecule has 5 heteroatoms. The summed E-state index contributed by atoms with van der Waals surface area (Å²) in [5, 5.41) is 0. The van der Waals surface area contributed by atoms with Crippen molar-refractivity contribution in [3.63, 3.8) is 0 Å². The summed E-state index contributed by atoms with van der Waals surface area (Å²) in [6.07, 6.45) is -5.82. The number of benzene rings is 1. The first-order chi connectivity index (χ1) is 7.47. The minimum absolute atomic E-state index is 0.0437. The smallest absolute Gasteiger partial charge is 0.264 e. The summed E-state index contributed by atoms with van der Waals surface area (Å²) >= 11 is 0. The van der Waals surface area contributed by atoms with Gasteiger partial charge in [-0.05, 0) is 6.07 Å². The van der Waals surface area contributed by atoms with Gasteiger partial charge in [0.25, 0.3) is 12.9 Å². The van der Waals surface area contributed by atoms with E-state index in [1.165, 1.54) is 0 Å². The first-order valence-corrected chi connectivity index (χ1v) is 4.70. The molecule has 0 fully saturated rings. The summed E-state index contributed by atoms with van der Waals surface area (Å²) in [5.74, 6) is -0.345. The zero-order chi connectivity index (χ0) is 12.3. The number of carbonyl (C=O) groups is 1. The van der Waals surface area contributed by atoms with Crippen molar-refractivity contribution in [1.29, 1.82) is 0 Å². The van der Waals surface area contributed by atoms with Gasteiger partial charge in [0.2, 0.25) is 0 Å². The Hall–Kier alpha value is -1.39. The molecule has 0 aliphatic rings. The van der Waals surface area contributed by atoms with Crippen LogP contribution < -0.4 is 0 Å². The lowest BCUT2D eigenvalue weighted by atomic mass is 10.0. The van der Waals surface area contributed by atoms with Gasteiger partial charge in [0.1, 0.15) is 0 Å². The summed E-state index contributed by atoms with van der Waals surface area (Å²) in [6.45, 7) is 1.57. The molecule has 0 saturated carbocycles. The van der Waals surface area contributed by atoms with Crippen LogP contribution >= 0.6 is 0 Å². The van der Waals surface area contributed by atoms with Crippen molar-refractivity contribution < 1.29 is 22.4 Å². The summed E-state index contributed by atoms with van der Waals surface area (Å²) in [6, 6.07) is 2.88. The van der Waals surface area contributed by atoms with Crippen molar-refractivity contribution in [3.8, 4) is 0 Å². The molecule has 1 aromatic rings. The van der Waals surface area contributed by atoms with E-state index in [9.17, 15) is 22.4 Å². The molecule has 0 radical (unpaired) electrons. The largest absolute Gasteiger partial charge is 0.294 e. The van der Waals surface area contributed by atoms with E-state index in [0.29, 0.717) is 0 Å². The van der Waals surface area contributed by atoms with Crippen molar-refractivity contribution in [2.75, 3.05) is 0 Å². The fourth-order valence-corrected chi connectivity index (χ4v) is 1.34. The number of rotatable bonds is 4. The van der Waals surface area contributed by atoms with E-state index in [1.54, 1.807) is 6.92 Å². The highest BCUT2D eigenvalue weighted by Gasteiger charge is 2.20. The lowest BCUT2D eigenvalue weighted by Gasteiger charge is -2.09. The second-order valence-electron chi connectivity index (χ2n) is 3.22. The van der Waals surface area contributed by atoms with Crippen LogP contribution in [0.2, 0.25) is 0 Å². The van der Waals surface area contributed by atoms with E-state index < -0.39 is 24.0 Å². The minimum Gasteiger partial charge on any atom is -0.294 e. The molecular formula is C11H10F4O. The molecule has 1 aromatic carbocycles. The van der Waals surface area contributed by atoms with Gasteiger partial charge in [-0.1, -0.05) is 19.1 Å². The monoisotopic (exact) mass is 234 g/mol. The first-order valence-electron chi connectivity index (χ1n) is 4.70. The summed E-state index contributed by atoms with van der Waals surface area (Å²) in [5.41, 5.74) is -1.45. The Morgan fingerprint density at radius 2 is 1.69 bits per heavy atom. The standard InChI is InChI=1S/C11H10F4O/c1-2-9(16)6-3-4-7(10(12)13)8(5-6)11(14)15/h3-5,10-11H,2H2,1H3. The molecular weight excluding hydrogens is 224 g/mol. The maximum atomic E-state index is 12.5. The summed E-state index contributed by atoms with van der Waals surface area (Å²) in [7, 11) is 0. The van der Waals surface area contributed by atoms with E-state index in [1.807, 2.05) is 0 Å². The average Bonchev–Trinajstić information content (AvgIpc) is 2.26. The van der Waals surface area contributed by atoms with Crippen LogP contribution in [0.5, 0.6) is 0 Å². The number of Topliss-reactive ketones (excluding diaryl/α,β-unsaturated/α-hetero) is 1. The van der Waals surface area contributed by atoms with Crippen LogP contribution in [-0.4, -0.2) is 5.78 Å². The van der Waals surface area contributed by atoms with Gasteiger partial charge in [0, 0.05) is 23.1 Å². The number of hydrogen-bond acceptors (Lipinski definition) is 1. The number of ketones is 1. The molecule has 0 amide bonds.